The van der Waals surface area contributed by atoms with Gasteiger partial charge in [-0.3, -0.25) is 4.79 Å². The molecule has 5 heteroatoms. The fourth-order valence-electron chi connectivity index (χ4n) is 1.68. The lowest BCUT2D eigenvalue weighted by Gasteiger charge is -2.22. The van der Waals surface area contributed by atoms with E-state index in [0.717, 1.165) is 12.1 Å². The minimum atomic E-state index is -0.674. The monoisotopic (exact) mass is 257 g/mol. The molecule has 1 N–H and O–H groups in total. The van der Waals surface area contributed by atoms with Crippen LogP contribution in [-0.4, -0.2) is 29.6 Å². The molecule has 18 heavy (non-hydrogen) atoms. The summed E-state index contributed by atoms with van der Waals surface area (Å²) < 4.78 is 26.1. The van der Waals surface area contributed by atoms with Crippen LogP contribution in [0.25, 0.3) is 0 Å². The number of hydrogen-bond acceptors (Lipinski definition) is 2. The third-order valence-corrected chi connectivity index (χ3v) is 2.86. The first-order valence-corrected chi connectivity index (χ1v) is 5.79. The van der Waals surface area contributed by atoms with Crippen LogP contribution in [0.4, 0.5) is 8.78 Å². The van der Waals surface area contributed by atoms with Crippen LogP contribution in [0, 0.1) is 17.6 Å². The maximum atomic E-state index is 13.4. The highest BCUT2D eigenvalue weighted by Crippen LogP contribution is 2.14. The summed E-state index contributed by atoms with van der Waals surface area (Å²) >= 11 is 0. The largest absolute Gasteiger partial charge is 0.396 e. The van der Waals surface area contributed by atoms with E-state index >= 15 is 0 Å². The number of aliphatic hydroxyl groups excluding tert-OH is 1. The van der Waals surface area contributed by atoms with E-state index < -0.39 is 17.6 Å². The molecule has 0 aliphatic heterocycles. The molecule has 1 atom stereocenters. The van der Waals surface area contributed by atoms with E-state index in [0.29, 0.717) is 6.42 Å². The Bertz CT molecular complexity index is 419. The van der Waals surface area contributed by atoms with Crippen molar-refractivity contribution >= 4 is 5.91 Å². The van der Waals surface area contributed by atoms with Crippen molar-refractivity contribution < 1.29 is 18.7 Å². The van der Waals surface area contributed by atoms with E-state index in [4.69, 9.17) is 5.11 Å². The van der Waals surface area contributed by atoms with Gasteiger partial charge in [0, 0.05) is 25.2 Å². The zero-order valence-electron chi connectivity index (χ0n) is 10.5. The van der Waals surface area contributed by atoms with E-state index in [-0.39, 0.29) is 24.6 Å². The summed E-state index contributed by atoms with van der Waals surface area (Å²) in [7, 11) is 1.53. The molecule has 1 unspecified atom stereocenters. The van der Waals surface area contributed by atoms with Gasteiger partial charge in [-0.2, -0.15) is 0 Å². The number of aliphatic hydroxyl groups is 1. The minimum absolute atomic E-state index is 0.0570. The maximum absolute atomic E-state index is 13.4. The van der Waals surface area contributed by atoms with Gasteiger partial charge in [0.25, 0.3) is 0 Å². The van der Waals surface area contributed by atoms with Crippen molar-refractivity contribution in [3.63, 3.8) is 0 Å². The molecule has 0 aliphatic rings. The highest BCUT2D eigenvalue weighted by atomic mass is 19.1. The SMILES string of the molecule is CCC(CO)C(=O)N(C)Cc1ccc(F)cc1F. The Kier molecular flexibility index (Phi) is 5.22. The Morgan fingerprint density at radius 1 is 1.44 bits per heavy atom. The molecule has 1 amide bonds. The van der Waals surface area contributed by atoms with Crippen LogP contribution in [0.2, 0.25) is 0 Å². The Labute approximate surface area is 105 Å². The molecule has 0 saturated heterocycles. The van der Waals surface area contributed by atoms with Gasteiger partial charge in [0.1, 0.15) is 11.6 Å². The van der Waals surface area contributed by atoms with Gasteiger partial charge in [0.05, 0.1) is 12.5 Å². The van der Waals surface area contributed by atoms with Gasteiger partial charge in [0.2, 0.25) is 5.91 Å². The van der Waals surface area contributed by atoms with Crippen molar-refractivity contribution in [2.75, 3.05) is 13.7 Å². The van der Waals surface area contributed by atoms with Crippen molar-refractivity contribution in [2.45, 2.75) is 19.9 Å². The van der Waals surface area contributed by atoms with Crippen LogP contribution in [-0.2, 0) is 11.3 Å². The van der Waals surface area contributed by atoms with E-state index in [9.17, 15) is 13.6 Å². The second-order valence-corrected chi connectivity index (χ2v) is 4.22. The van der Waals surface area contributed by atoms with Crippen LogP contribution >= 0.6 is 0 Å². The van der Waals surface area contributed by atoms with Gasteiger partial charge in [-0.15, -0.1) is 0 Å². The number of carbonyl (C=O) groups is 1. The molecule has 0 radical (unpaired) electrons. The Balaban J connectivity index is 2.75. The van der Waals surface area contributed by atoms with E-state index in [1.807, 2.05) is 0 Å². The lowest BCUT2D eigenvalue weighted by molar-refractivity contribution is -0.136. The highest BCUT2D eigenvalue weighted by molar-refractivity contribution is 5.78. The second-order valence-electron chi connectivity index (χ2n) is 4.22. The third-order valence-electron chi connectivity index (χ3n) is 2.86. The fraction of sp³-hybridized carbons (Fsp3) is 0.462. The molecule has 1 aromatic carbocycles. The molecule has 0 aromatic heterocycles. The summed E-state index contributed by atoms with van der Waals surface area (Å²) in [5, 5.41) is 9.03. The van der Waals surface area contributed by atoms with E-state index in [1.165, 1.54) is 18.0 Å². The summed E-state index contributed by atoms with van der Waals surface area (Å²) in [4.78, 5) is 13.2. The predicted molar refractivity (Wildman–Crippen MR) is 63.7 cm³/mol. The molecule has 0 saturated carbocycles. The zero-order valence-corrected chi connectivity index (χ0v) is 10.5. The summed E-state index contributed by atoms with van der Waals surface area (Å²) in [5.41, 5.74) is 0.250. The van der Waals surface area contributed by atoms with Crippen LogP contribution < -0.4 is 0 Å². The lowest BCUT2D eigenvalue weighted by Crippen LogP contribution is -2.34. The molecule has 0 heterocycles. The molecular formula is C13H17F2NO2. The van der Waals surface area contributed by atoms with Gasteiger partial charge in [-0.25, -0.2) is 8.78 Å². The lowest BCUT2D eigenvalue weighted by atomic mass is 10.1. The van der Waals surface area contributed by atoms with Crippen molar-refractivity contribution in [3.8, 4) is 0 Å². The summed E-state index contributed by atoms with van der Waals surface area (Å²) in [6.07, 6.45) is 0.519. The summed E-state index contributed by atoms with van der Waals surface area (Å²) in [5.74, 6) is -2.04. The van der Waals surface area contributed by atoms with E-state index in [1.54, 1.807) is 6.92 Å². The zero-order chi connectivity index (χ0) is 13.7. The van der Waals surface area contributed by atoms with Crippen LogP contribution in [0.15, 0.2) is 18.2 Å². The third kappa shape index (κ3) is 3.50. The number of hydrogen-bond donors (Lipinski definition) is 1. The van der Waals surface area contributed by atoms with Crippen molar-refractivity contribution in [3.05, 3.63) is 35.4 Å². The number of nitrogens with zero attached hydrogens (tertiary/aromatic N) is 1. The summed E-state index contributed by atoms with van der Waals surface area (Å²) in [6, 6.07) is 3.26. The molecule has 0 bridgehead atoms. The van der Waals surface area contributed by atoms with Crippen molar-refractivity contribution in [2.24, 2.45) is 5.92 Å². The maximum Gasteiger partial charge on any atom is 0.228 e. The number of amides is 1. The van der Waals surface area contributed by atoms with Crippen molar-refractivity contribution in [1.29, 1.82) is 0 Å². The fourth-order valence-corrected chi connectivity index (χ4v) is 1.68. The van der Waals surface area contributed by atoms with Gasteiger partial charge in [0.15, 0.2) is 0 Å². The molecule has 1 aromatic rings. The molecule has 1 rings (SSSR count). The number of rotatable bonds is 5. The van der Waals surface area contributed by atoms with Crippen LogP contribution in [0.5, 0.6) is 0 Å². The minimum Gasteiger partial charge on any atom is -0.396 e. The normalized spacial score (nSPS) is 12.3. The Hall–Kier alpha value is -1.49. The summed E-state index contributed by atoms with van der Waals surface area (Å²) in [6.45, 7) is 1.62. The molecular weight excluding hydrogens is 240 g/mol. The number of halogens is 2. The van der Waals surface area contributed by atoms with Gasteiger partial charge in [-0.1, -0.05) is 13.0 Å². The molecule has 3 nitrogen and oxygen atoms in total. The van der Waals surface area contributed by atoms with Gasteiger partial charge in [-0.05, 0) is 12.5 Å². The quantitative estimate of drug-likeness (QED) is 0.875. The Morgan fingerprint density at radius 2 is 2.11 bits per heavy atom. The van der Waals surface area contributed by atoms with Crippen molar-refractivity contribution in [1.82, 2.24) is 4.90 Å². The predicted octanol–water partition coefficient (Wildman–Crippen LogP) is 1.94. The standard InChI is InChI=1S/C13H17F2NO2/c1-3-9(8-17)13(18)16(2)7-10-4-5-11(14)6-12(10)15/h4-6,9,17H,3,7-8H2,1-2H3. The number of carbonyl (C=O) groups excluding carboxylic acids is 1. The Morgan fingerprint density at radius 3 is 2.61 bits per heavy atom. The van der Waals surface area contributed by atoms with E-state index in [2.05, 4.69) is 0 Å². The molecule has 0 aliphatic carbocycles. The molecule has 0 fully saturated rings. The van der Waals surface area contributed by atoms with Crippen LogP contribution in [0.1, 0.15) is 18.9 Å². The van der Waals surface area contributed by atoms with Gasteiger partial charge < -0.3 is 10.0 Å². The molecule has 0 spiro atoms. The second kappa shape index (κ2) is 6.44. The smallest absolute Gasteiger partial charge is 0.228 e. The average molecular weight is 257 g/mol. The first kappa shape index (κ1) is 14.6. The first-order chi connectivity index (χ1) is 8.49. The topological polar surface area (TPSA) is 40.5 Å². The van der Waals surface area contributed by atoms with Gasteiger partial charge >= 0.3 is 0 Å². The van der Waals surface area contributed by atoms with Crippen LogP contribution in [0.3, 0.4) is 0 Å². The highest BCUT2D eigenvalue weighted by Gasteiger charge is 2.20. The number of benzene rings is 1. The average Bonchev–Trinajstić information content (AvgIpc) is 2.34. The first-order valence-electron chi connectivity index (χ1n) is 5.79. The molecule has 100 valence electrons.